The molecule has 0 atom stereocenters. The van der Waals surface area contributed by atoms with Crippen molar-refractivity contribution in [2.45, 2.75) is 20.0 Å². The summed E-state index contributed by atoms with van der Waals surface area (Å²) in [6.45, 7) is 3.67. The number of pyridine rings is 1. The van der Waals surface area contributed by atoms with E-state index in [1.807, 2.05) is 24.7 Å². The molecule has 0 fully saturated rings. The van der Waals surface area contributed by atoms with Crippen LogP contribution in [0.4, 0.5) is 0 Å². The summed E-state index contributed by atoms with van der Waals surface area (Å²) < 4.78 is 0. The molecule has 0 unspecified atom stereocenters. The minimum atomic E-state index is 0.759. The van der Waals surface area contributed by atoms with E-state index in [-0.39, 0.29) is 0 Å². The molecule has 0 spiro atoms. The normalized spacial score (nSPS) is 10.5. The third kappa shape index (κ3) is 2.63. The molecular weight excluding hydrogens is 188 g/mol. The number of aryl methyl sites for hydroxylation is 1. The van der Waals surface area contributed by atoms with Crippen LogP contribution in [0.25, 0.3) is 0 Å². The number of hydrogen-bond donors (Lipinski definition) is 2. The van der Waals surface area contributed by atoms with E-state index >= 15 is 0 Å². The second-order valence-corrected chi connectivity index (χ2v) is 3.44. The third-order valence-corrected chi connectivity index (χ3v) is 2.30. The van der Waals surface area contributed by atoms with E-state index < -0.39 is 0 Å². The summed E-state index contributed by atoms with van der Waals surface area (Å²) in [7, 11) is 0. The van der Waals surface area contributed by atoms with Crippen LogP contribution in [0, 0.1) is 6.92 Å². The van der Waals surface area contributed by atoms with Gasteiger partial charge in [-0.3, -0.25) is 4.98 Å². The van der Waals surface area contributed by atoms with Gasteiger partial charge in [-0.1, -0.05) is 0 Å². The standard InChI is InChI=1S/C11H14N4/c1-9-6-12-3-2-10(9)7-13-8-11-14-4-5-15-11/h2-6,13H,7-8H2,1H3,(H,14,15). The molecule has 2 N–H and O–H groups in total. The Hall–Kier alpha value is -1.68. The Morgan fingerprint density at radius 1 is 1.33 bits per heavy atom. The largest absolute Gasteiger partial charge is 0.348 e. The zero-order chi connectivity index (χ0) is 10.5. The van der Waals surface area contributed by atoms with Gasteiger partial charge in [-0.15, -0.1) is 0 Å². The average molecular weight is 202 g/mol. The van der Waals surface area contributed by atoms with Crippen molar-refractivity contribution >= 4 is 0 Å². The Bertz CT molecular complexity index is 408. The van der Waals surface area contributed by atoms with Crippen LogP contribution in [-0.2, 0) is 13.1 Å². The quantitative estimate of drug-likeness (QED) is 0.788. The fourth-order valence-electron chi connectivity index (χ4n) is 1.41. The topological polar surface area (TPSA) is 53.6 Å². The minimum absolute atomic E-state index is 0.759. The highest BCUT2D eigenvalue weighted by Gasteiger charge is 1.98. The summed E-state index contributed by atoms with van der Waals surface area (Å²) in [5, 5.41) is 3.32. The van der Waals surface area contributed by atoms with Gasteiger partial charge in [0.05, 0.1) is 6.54 Å². The van der Waals surface area contributed by atoms with E-state index in [1.54, 1.807) is 6.20 Å². The van der Waals surface area contributed by atoms with Crippen molar-refractivity contribution in [1.82, 2.24) is 20.3 Å². The number of aromatic amines is 1. The second-order valence-electron chi connectivity index (χ2n) is 3.44. The smallest absolute Gasteiger partial charge is 0.120 e. The van der Waals surface area contributed by atoms with Gasteiger partial charge in [-0.05, 0) is 24.1 Å². The maximum absolute atomic E-state index is 4.14. The van der Waals surface area contributed by atoms with Gasteiger partial charge in [0.2, 0.25) is 0 Å². The molecule has 0 aliphatic carbocycles. The lowest BCUT2D eigenvalue weighted by molar-refractivity contribution is 0.666. The summed E-state index contributed by atoms with van der Waals surface area (Å²) in [5.74, 6) is 0.960. The predicted octanol–water partition coefficient (Wildman–Crippen LogP) is 1.40. The molecule has 0 aliphatic rings. The van der Waals surface area contributed by atoms with Gasteiger partial charge < -0.3 is 10.3 Å². The molecule has 78 valence electrons. The van der Waals surface area contributed by atoms with Crippen LogP contribution in [0.5, 0.6) is 0 Å². The summed E-state index contributed by atoms with van der Waals surface area (Å²) in [6, 6.07) is 2.03. The van der Waals surface area contributed by atoms with Crippen LogP contribution >= 0.6 is 0 Å². The molecule has 0 aliphatic heterocycles. The molecule has 15 heavy (non-hydrogen) atoms. The van der Waals surface area contributed by atoms with Gasteiger partial charge in [0.15, 0.2) is 0 Å². The van der Waals surface area contributed by atoms with Crippen LogP contribution in [0.3, 0.4) is 0 Å². The molecule has 2 aromatic rings. The van der Waals surface area contributed by atoms with Gasteiger partial charge >= 0.3 is 0 Å². The molecule has 0 radical (unpaired) electrons. The minimum Gasteiger partial charge on any atom is -0.348 e. The van der Waals surface area contributed by atoms with Gasteiger partial charge in [-0.2, -0.15) is 0 Å². The van der Waals surface area contributed by atoms with Crippen molar-refractivity contribution in [2.75, 3.05) is 0 Å². The maximum atomic E-state index is 4.14. The van der Waals surface area contributed by atoms with Crippen molar-refractivity contribution in [3.63, 3.8) is 0 Å². The summed E-state index contributed by atoms with van der Waals surface area (Å²) in [6.07, 6.45) is 7.28. The maximum Gasteiger partial charge on any atom is 0.120 e. The molecule has 0 saturated carbocycles. The van der Waals surface area contributed by atoms with Crippen LogP contribution in [0.2, 0.25) is 0 Å². The van der Waals surface area contributed by atoms with Crippen molar-refractivity contribution < 1.29 is 0 Å². The summed E-state index contributed by atoms with van der Waals surface area (Å²) >= 11 is 0. The monoisotopic (exact) mass is 202 g/mol. The van der Waals surface area contributed by atoms with E-state index in [9.17, 15) is 0 Å². The van der Waals surface area contributed by atoms with Crippen LogP contribution in [0.15, 0.2) is 30.9 Å². The van der Waals surface area contributed by atoms with E-state index in [0.29, 0.717) is 0 Å². The zero-order valence-corrected chi connectivity index (χ0v) is 8.70. The Morgan fingerprint density at radius 2 is 2.27 bits per heavy atom. The molecule has 2 aromatic heterocycles. The number of H-pyrrole nitrogens is 1. The first-order valence-corrected chi connectivity index (χ1v) is 4.95. The number of nitrogens with one attached hydrogen (secondary N) is 2. The third-order valence-electron chi connectivity index (χ3n) is 2.30. The predicted molar refractivity (Wildman–Crippen MR) is 58.1 cm³/mol. The molecule has 4 heteroatoms. The Morgan fingerprint density at radius 3 is 3.00 bits per heavy atom. The lowest BCUT2D eigenvalue weighted by Gasteiger charge is -2.05. The molecule has 2 rings (SSSR count). The number of hydrogen-bond acceptors (Lipinski definition) is 3. The number of imidazole rings is 1. The van der Waals surface area contributed by atoms with Crippen molar-refractivity contribution in [1.29, 1.82) is 0 Å². The van der Waals surface area contributed by atoms with Gasteiger partial charge in [0.1, 0.15) is 5.82 Å². The fourth-order valence-corrected chi connectivity index (χ4v) is 1.41. The lowest BCUT2D eigenvalue weighted by atomic mass is 10.1. The van der Waals surface area contributed by atoms with E-state index in [2.05, 4.69) is 27.2 Å². The van der Waals surface area contributed by atoms with E-state index in [1.165, 1.54) is 11.1 Å². The zero-order valence-electron chi connectivity index (χ0n) is 8.70. The van der Waals surface area contributed by atoms with Gasteiger partial charge in [0, 0.05) is 31.3 Å². The Kier molecular flexibility index (Phi) is 3.09. The van der Waals surface area contributed by atoms with Gasteiger partial charge in [-0.25, -0.2) is 4.98 Å². The first-order valence-electron chi connectivity index (χ1n) is 4.95. The number of nitrogens with zero attached hydrogens (tertiary/aromatic N) is 2. The summed E-state index contributed by atoms with van der Waals surface area (Å²) in [5.41, 5.74) is 2.49. The van der Waals surface area contributed by atoms with Gasteiger partial charge in [0.25, 0.3) is 0 Å². The molecule has 2 heterocycles. The first-order chi connectivity index (χ1) is 7.36. The SMILES string of the molecule is Cc1cnccc1CNCc1ncc[nH]1. The highest BCUT2D eigenvalue weighted by Crippen LogP contribution is 2.04. The van der Waals surface area contributed by atoms with E-state index in [4.69, 9.17) is 0 Å². The second kappa shape index (κ2) is 4.70. The first kappa shape index (κ1) is 9.86. The van der Waals surface area contributed by atoms with Crippen LogP contribution in [0.1, 0.15) is 17.0 Å². The highest BCUT2D eigenvalue weighted by atomic mass is 15.0. The van der Waals surface area contributed by atoms with Crippen LogP contribution < -0.4 is 5.32 Å². The molecular formula is C11H14N4. The number of rotatable bonds is 4. The average Bonchev–Trinajstić information content (AvgIpc) is 2.74. The Labute approximate surface area is 88.8 Å². The molecule has 0 bridgehead atoms. The molecule has 4 nitrogen and oxygen atoms in total. The molecule has 0 aromatic carbocycles. The lowest BCUT2D eigenvalue weighted by Crippen LogP contribution is -2.14. The molecule has 0 amide bonds. The summed E-state index contributed by atoms with van der Waals surface area (Å²) in [4.78, 5) is 11.2. The Balaban J connectivity index is 1.86. The fraction of sp³-hybridized carbons (Fsp3) is 0.273. The van der Waals surface area contributed by atoms with Crippen LogP contribution in [-0.4, -0.2) is 15.0 Å². The highest BCUT2D eigenvalue weighted by molar-refractivity contribution is 5.21. The molecule has 0 saturated heterocycles. The van der Waals surface area contributed by atoms with Crippen molar-refractivity contribution in [3.8, 4) is 0 Å². The van der Waals surface area contributed by atoms with E-state index in [0.717, 1.165) is 18.9 Å². The van der Waals surface area contributed by atoms with Crippen molar-refractivity contribution in [2.24, 2.45) is 0 Å². The van der Waals surface area contributed by atoms with Crippen molar-refractivity contribution in [3.05, 3.63) is 47.8 Å². The number of aromatic nitrogens is 3.